The van der Waals surface area contributed by atoms with Crippen molar-refractivity contribution in [3.05, 3.63) is 83.9 Å². The Labute approximate surface area is 233 Å². The summed E-state index contributed by atoms with van der Waals surface area (Å²) in [4.78, 5) is 50.4. The summed E-state index contributed by atoms with van der Waals surface area (Å²) in [7, 11) is 1.56. The van der Waals surface area contributed by atoms with E-state index < -0.39 is 30.4 Å². The van der Waals surface area contributed by atoms with Gasteiger partial charge in [0.25, 0.3) is 17.7 Å². The summed E-state index contributed by atoms with van der Waals surface area (Å²) in [6, 6.07) is 18.9. The van der Waals surface area contributed by atoms with E-state index in [-0.39, 0.29) is 11.8 Å². The van der Waals surface area contributed by atoms with Crippen LogP contribution in [0.2, 0.25) is 0 Å². The fourth-order valence-electron chi connectivity index (χ4n) is 3.66. The second kappa shape index (κ2) is 14.3. The minimum absolute atomic E-state index is 0.293. The highest BCUT2D eigenvalue weighted by molar-refractivity contribution is 6.04. The van der Waals surface area contributed by atoms with Crippen LogP contribution < -0.4 is 25.4 Å². The van der Waals surface area contributed by atoms with Crippen LogP contribution in [-0.2, 0) is 14.3 Å². The molecule has 0 aliphatic heterocycles. The fourth-order valence-corrected chi connectivity index (χ4v) is 3.66. The zero-order chi connectivity index (χ0) is 29.1. The Bertz CT molecular complexity index is 1320. The van der Waals surface area contributed by atoms with E-state index >= 15 is 0 Å². The minimum atomic E-state index is -0.974. The number of para-hydroxylation sites is 1. The van der Waals surface area contributed by atoms with Crippen LogP contribution in [-0.4, -0.2) is 50.1 Å². The first kappa shape index (κ1) is 29.7. The Morgan fingerprint density at radius 2 is 1.43 bits per heavy atom. The molecule has 0 spiro atoms. The maximum atomic E-state index is 12.8. The van der Waals surface area contributed by atoms with Crippen molar-refractivity contribution < 1.29 is 33.4 Å². The van der Waals surface area contributed by atoms with Crippen LogP contribution in [0.5, 0.6) is 11.5 Å². The lowest BCUT2D eigenvalue weighted by molar-refractivity contribution is -0.150. The summed E-state index contributed by atoms with van der Waals surface area (Å²) in [5.41, 5.74) is 1.71. The summed E-state index contributed by atoms with van der Waals surface area (Å²) in [6.45, 7) is 5.16. The number of carbonyl (C=O) groups excluding carboxylic acids is 4. The van der Waals surface area contributed by atoms with E-state index in [1.165, 1.54) is 0 Å². The van der Waals surface area contributed by atoms with Gasteiger partial charge in [0.15, 0.2) is 6.61 Å². The van der Waals surface area contributed by atoms with E-state index in [4.69, 9.17) is 14.2 Å². The number of amides is 3. The first-order chi connectivity index (χ1) is 19.2. The van der Waals surface area contributed by atoms with Gasteiger partial charge in [-0.25, -0.2) is 4.79 Å². The average Bonchev–Trinajstić information content (AvgIpc) is 2.95. The molecule has 10 nitrogen and oxygen atoms in total. The van der Waals surface area contributed by atoms with E-state index in [2.05, 4.69) is 16.0 Å². The Balaban J connectivity index is 1.52. The van der Waals surface area contributed by atoms with Crippen molar-refractivity contribution in [3.63, 3.8) is 0 Å². The van der Waals surface area contributed by atoms with Gasteiger partial charge in [-0.1, -0.05) is 26.0 Å². The van der Waals surface area contributed by atoms with E-state index in [0.29, 0.717) is 40.6 Å². The molecular formula is C30H33N3O7. The van der Waals surface area contributed by atoms with Gasteiger partial charge >= 0.3 is 5.97 Å². The number of methoxy groups -OCH3 is 1. The molecule has 0 fully saturated rings. The molecule has 0 bridgehead atoms. The number of nitrogens with one attached hydrogen (secondary N) is 3. The molecule has 0 aromatic heterocycles. The molecule has 10 heteroatoms. The van der Waals surface area contributed by atoms with E-state index in [1.54, 1.807) is 93.8 Å². The molecular weight excluding hydrogens is 514 g/mol. The first-order valence-electron chi connectivity index (χ1n) is 12.8. The number of anilines is 2. The van der Waals surface area contributed by atoms with Gasteiger partial charge in [-0.15, -0.1) is 0 Å². The monoisotopic (exact) mass is 547 g/mol. The van der Waals surface area contributed by atoms with Crippen LogP contribution in [0.15, 0.2) is 72.8 Å². The molecule has 3 aromatic carbocycles. The second-order valence-electron chi connectivity index (χ2n) is 9.04. The highest BCUT2D eigenvalue weighted by Crippen LogP contribution is 2.19. The largest absolute Gasteiger partial charge is 0.497 e. The number of carbonyl (C=O) groups is 4. The predicted molar refractivity (Wildman–Crippen MR) is 151 cm³/mol. The summed E-state index contributed by atoms with van der Waals surface area (Å²) >= 11 is 0. The smallest absolute Gasteiger partial charge is 0.329 e. The molecule has 0 aliphatic carbocycles. The molecule has 0 saturated carbocycles. The molecule has 3 amide bonds. The quantitative estimate of drug-likeness (QED) is 0.288. The third kappa shape index (κ3) is 8.32. The number of benzene rings is 3. The summed E-state index contributed by atoms with van der Waals surface area (Å²) in [5, 5.41) is 8.07. The molecule has 40 heavy (non-hydrogen) atoms. The van der Waals surface area contributed by atoms with Crippen molar-refractivity contribution in [1.82, 2.24) is 5.32 Å². The summed E-state index contributed by atoms with van der Waals surface area (Å²) < 4.78 is 15.8. The van der Waals surface area contributed by atoms with Crippen molar-refractivity contribution in [1.29, 1.82) is 0 Å². The Hall–Kier alpha value is -4.86. The van der Waals surface area contributed by atoms with Crippen LogP contribution in [0.3, 0.4) is 0 Å². The SMILES string of the molecule is CCOc1ccccc1C(=O)NC(C(=O)OCC(=O)Nc1ccc(C(=O)Nc2ccc(OC)cc2)cc1)C(C)C. The normalized spacial score (nSPS) is 11.2. The summed E-state index contributed by atoms with van der Waals surface area (Å²) in [5.74, 6) is -1.32. The molecule has 0 heterocycles. The second-order valence-corrected chi connectivity index (χ2v) is 9.04. The zero-order valence-electron chi connectivity index (χ0n) is 22.9. The van der Waals surface area contributed by atoms with Crippen LogP contribution >= 0.6 is 0 Å². The maximum Gasteiger partial charge on any atom is 0.329 e. The van der Waals surface area contributed by atoms with Crippen molar-refractivity contribution in [2.45, 2.75) is 26.8 Å². The van der Waals surface area contributed by atoms with Gasteiger partial charge in [-0.05, 0) is 73.5 Å². The van der Waals surface area contributed by atoms with Gasteiger partial charge in [0.2, 0.25) is 0 Å². The van der Waals surface area contributed by atoms with Crippen LogP contribution in [0, 0.1) is 5.92 Å². The fraction of sp³-hybridized carbons (Fsp3) is 0.267. The van der Waals surface area contributed by atoms with Gasteiger partial charge < -0.3 is 30.2 Å². The number of esters is 1. The lowest BCUT2D eigenvalue weighted by Crippen LogP contribution is -2.46. The van der Waals surface area contributed by atoms with E-state index in [9.17, 15) is 19.2 Å². The van der Waals surface area contributed by atoms with Crippen molar-refractivity contribution >= 4 is 35.1 Å². The Morgan fingerprint density at radius 1 is 0.800 bits per heavy atom. The maximum absolute atomic E-state index is 12.8. The molecule has 0 aliphatic rings. The number of hydrogen-bond donors (Lipinski definition) is 3. The van der Waals surface area contributed by atoms with Crippen molar-refractivity contribution in [2.24, 2.45) is 5.92 Å². The molecule has 3 rings (SSSR count). The first-order valence-corrected chi connectivity index (χ1v) is 12.8. The number of rotatable bonds is 12. The summed E-state index contributed by atoms with van der Waals surface area (Å²) in [6.07, 6.45) is 0. The lowest BCUT2D eigenvalue weighted by Gasteiger charge is -2.21. The molecule has 1 atom stereocenters. The number of hydrogen-bond acceptors (Lipinski definition) is 7. The molecule has 3 N–H and O–H groups in total. The molecule has 210 valence electrons. The Morgan fingerprint density at radius 3 is 2.05 bits per heavy atom. The average molecular weight is 548 g/mol. The Kier molecular flexibility index (Phi) is 10.6. The van der Waals surface area contributed by atoms with Crippen LogP contribution in [0.25, 0.3) is 0 Å². The predicted octanol–water partition coefficient (Wildman–Crippen LogP) is 4.28. The standard InChI is InChI=1S/C30H33N3O7/c1-5-39-25-9-7-6-8-24(25)29(36)33-27(19(2)3)30(37)40-18-26(34)31-21-12-10-20(11-13-21)28(35)32-22-14-16-23(38-4)17-15-22/h6-17,19,27H,5,18H2,1-4H3,(H,31,34)(H,32,35)(H,33,36). The zero-order valence-corrected chi connectivity index (χ0v) is 22.9. The molecule has 1 unspecified atom stereocenters. The third-order valence-electron chi connectivity index (χ3n) is 5.76. The van der Waals surface area contributed by atoms with Gasteiger partial charge in [0.1, 0.15) is 17.5 Å². The van der Waals surface area contributed by atoms with Gasteiger partial charge in [-0.2, -0.15) is 0 Å². The van der Waals surface area contributed by atoms with Crippen molar-refractivity contribution in [3.8, 4) is 11.5 Å². The van der Waals surface area contributed by atoms with Gasteiger partial charge in [0, 0.05) is 16.9 Å². The molecule has 0 radical (unpaired) electrons. The van der Waals surface area contributed by atoms with Crippen LogP contribution in [0.1, 0.15) is 41.5 Å². The van der Waals surface area contributed by atoms with Gasteiger partial charge in [-0.3, -0.25) is 14.4 Å². The molecule has 3 aromatic rings. The topological polar surface area (TPSA) is 132 Å². The van der Waals surface area contributed by atoms with Crippen LogP contribution in [0.4, 0.5) is 11.4 Å². The van der Waals surface area contributed by atoms with Crippen molar-refractivity contribution in [2.75, 3.05) is 31.0 Å². The van der Waals surface area contributed by atoms with E-state index in [0.717, 1.165) is 0 Å². The third-order valence-corrected chi connectivity index (χ3v) is 5.76. The highest BCUT2D eigenvalue weighted by Gasteiger charge is 2.27. The molecule has 0 saturated heterocycles. The number of ether oxygens (including phenoxy) is 3. The lowest BCUT2D eigenvalue weighted by atomic mass is 10.0. The highest BCUT2D eigenvalue weighted by atomic mass is 16.5. The van der Waals surface area contributed by atoms with E-state index in [1.807, 2.05) is 6.92 Å². The minimum Gasteiger partial charge on any atom is -0.497 e. The van der Waals surface area contributed by atoms with Gasteiger partial charge in [0.05, 0.1) is 19.3 Å².